The minimum absolute atomic E-state index is 0.234. The molecule has 1 aliphatic rings. The highest BCUT2D eigenvalue weighted by Gasteiger charge is 2.23. The molecule has 0 aliphatic heterocycles. The summed E-state index contributed by atoms with van der Waals surface area (Å²) in [5.74, 6) is 0.828. The Kier molecular flexibility index (Phi) is 4.92. The summed E-state index contributed by atoms with van der Waals surface area (Å²) in [7, 11) is -0.751. The van der Waals surface area contributed by atoms with Gasteiger partial charge in [0.15, 0.2) is 11.5 Å². The van der Waals surface area contributed by atoms with Crippen molar-refractivity contribution in [3.63, 3.8) is 0 Å². The summed E-state index contributed by atoms with van der Waals surface area (Å²) in [5, 5.41) is 0.234. The molecule has 0 radical (unpaired) electrons. The minimum atomic E-state index is -3.72. The van der Waals surface area contributed by atoms with Crippen LogP contribution >= 0.6 is 11.6 Å². The molecule has 0 saturated heterocycles. The summed E-state index contributed by atoms with van der Waals surface area (Å²) in [6.07, 6.45) is 2.83. The molecule has 0 heterocycles. The third-order valence-electron chi connectivity index (χ3n) is 4.08. The van der Waals surface area contributed by atoms with Crippen molar-refractivity contribution in [1.29, 1.82) is 0 Å². The standard InChI is InChI=1S/C18H18ClNO4S/c1-23-17-10-15(19)16(11-18(17)24-2)20-25(21,22)14-8-7-12-5-3-4-6-13(12)9-14/h3-6,9-11,20H,7-8H2,1-2H3. The Balaban J connectivity index is 1.94. The van der Waals surface area contributed by atoms with Crippen LogP contribution in [0.25, 0.3) is 6.08 Å². The van der Waals surface area contributed by atoms with Crippen molar-refractivity contribution >= 4 is 33.4 Å². The third kappa shape index (κ3) is 3.60. The first kappa shape index (κ1) is 17.6. The van der Waals surface area contributed by atoms with Gasteiger partial charge in [0.2, 0.25) is 0 Å². The Morgan fingerprint density at radius 1 is 1.04 bits per heavy atom. The number of methoxy groups -OCH3 is 2. The van der Waals surface area contributed by atoms with Crippen LogP contribution in [0.3, 0.4) is 0 Å². The van der Waals surface area contributed by atoms with Crippen molar-refractivity contribution in [1.82, 2.24) is 0 Å². The van der Waals surface area contributed by atoms with Gasteiger partial charge in [0.05, 0.1) is 29.8 Å². The van der Waals surface area contributed by atoms with Gasteiger partial charge < -0.3 is 9.47 Å². The Morgan fingerprint density at radius 3 is 2.44 bits per heavy atom. The van der Waals surface area contributed by atoms with Gasteiger partial charge in [0.25, 0.3) is 10.0 Å². The fourth-order valence-electron chi connectivity index (χ4n) is 2.76. The van der Waals surface area contributed by atoms with Gasteiger partial charge in [-0.05, 0) is 30.0 Å². The second-order valence-corrected chi connectivity index (χ2v) is 7.74. The van der Waals surface area contributed by atoms with Crippen LogP contribution < -0.4 is 14.2 Å². The van der Waals surface area contributed by atoms with Gasteiger partial charge in [-0.1, -0.05) is 35.9 Å². The quantitative estimate of drug-likeness (QED) is 0.849. The molecule has 0 unspecified atom stereocenters. The Morgan fingerprint density at radius 2 is 1.72 bits per heavy atom. The fraction of sp³-hybridized carbons (Fsp3) is 0.222. The van der Waals surface area contributed by atoms with Crippen LogP contribution in [-0.4, -0.2) is 22.6 Å². The van der Waals surface area contributed by atoms with Gasteiger partial charge in [-0.25, -0.2) is 8.42 Å². The Bertz CT molecular complexity index is 938. The molecule has 0 bridgehead atoms. The van der Waals surface area contributed by atoms with E-state index in [9.17, 15) is 8.42 Å². The molecule has 1 N–H and O–H groups in total. The van der Waals surface area contributed by atoms with Crippen molar-refractivity contribution in [2.45, 2.75) is 12.8 Å². The maximum absolute atomic E-state index is 12.8. The number of hydrogen-bond donors (Lipinski definition) is 1. The molecule has 1 aliphatic carbocycles. The molecule has 0 amide bonds. The first-order valence-electron chi connectivity index (χ1n) is 7.67. The van der Waals surface area contributed by atoms with Crippen LogP contribution in [0.1, 0.15) is 17.5 Å². The normalized spacial score (nSPS) is 13.6. The number of anilines is 1. The molecule has 2 aromatic carbocycles. The lowest BCUT2D eigenvalue weighted by Crippen LogP contribution is -2.17. The third-order valence-corrected chi connectivity index (χ3v) is 5.89. The van der Waals surface area contributed by atoms with Crippen molar-refractivity contribution in [3.05, 3.63) is 57.5 Å². The monoisotopic (exact) mass is 379 g/mol. The maximum Gasteiger partial charge on any atom is 0.258 e. The Labute approximate surface area is 152 Å². The molecule has 0 saturated carbocycles. The molecular formula is C18H18ClNO4S. The number of benzene rings is 2. The number of ether oxygens (including phenoxy) is 2. The number of sulfonamides is 1. The van der Waals surface area contributed by atoms with Gasteiger partial charge in [0, 0.05) is 12.1 Å². The van der Waals surface area contributed by atoms with Crippen LogP contribution in [0.2, 0.25) is 5.02 Å². The number of fused-ring (bicyclic) bond motifs is 1. The largest absolute Gasteiger partial charge is 0.493 e. The summed E-state index contributed by atoms with van der Waals surface area (Å²) in [6.45, 7) is 0. The second-order valence-electron chi connectivity index (χ2n) is 5.60. The highest BCUT2D eigenvalue weighted by molar-refractivity contribution is 7.96. The SMILES string of the molecule is COc1cc(Cl)c(NS(=O)(=O)C2=Cc3ccccc3CC2)cc1OC. The molecule has 25 heavy (non-hydrogen) atoms. The van der Waals surface area contributed by atoms with Gasteiger partial charge in [-0.2, -0.15) is 0 Å². The van der Waals surface area contributed by atoms with Crippen molar-refractivity contribution in [2.75, 3.05) is 18.9 Å². The lowest BCUT2D eigenvalue weighted by Gasteiger charge is -2.18. The highest BCUT2D eigenvalue weighted by atomic mass is 35.5. The highest BCUT2D eigenvalue weighted by Crippen LogP contribution is 2.37. The zero-order chi connectivity index (χ0) is 18.0. The molecule has 3 rings (SSSR count). The molecule has 0 fully saturated rings. The van der Waals surface area contributed by atoms with Crippen LogP contribution in [0.5, 0.6) is 11.5 Å². The second kappa shape index (κ2) is 6.98. The first-order chi connectivity index (χ1) is 11.9. The number of aryl methyl sites for hydroxylation is 1. The van der Waals surface area contributed by atoms with E-state index >= 15 is 0 Å². The Hall–Kier alpha value is -2.18. The van der Waals surface area contributed by atoms with E-state index in [0.29, 0.717) is 29.2 Å². The van der Waals surface area contributed by atoms with E-state index in [1.807, 2.05) is 24.3 Å². The van der Waals surface area contributed by atoms with Gasteiger partial charge in [-0.3, -0.25) is 4.72 Å². The van der Waals surface area contributed by atoms with E-state index in [4.69, 9.17) is 21.1 Å². The summed E-state index contributed by atoms with van der Waals surface area (Å²) >= 11 is 6.18. The number of hydrogen-bond acceptors (Lipinski definition) is 4. The molecular weight excluding hydrogens is 362 g/mol. The van der Waals surface area contributed by atoms with Crippen molar-refractivity contribution in [3.8, 4) is 11.5 Å². The van der Waals surface area contributed by atoms with Crippen molar-refractivity contribution < 1.29 is 17.9 Å². The molecule has 5 nitrogen and oxygen atoms in total. The number of nitrogens with one attached hydrogen (secondary N) is 1. The summed E-state index contributed by atoms with van der Waals surface area (Å²) in [5.41, 5.74) is 2.32. The summed E-state index contributed by atoms with van der Waals surface area (Å²) in [4.78, 5) is 0.331. The van der Waals surface area contributed by atoms with Crippen LogP contribution in [0.4, 0.5) is 5.69 Å². The van der Waals surface area contributed by atoms with E-state index in [-0.39, 0.29) is 10.7 Å². The minimum Gasteiger partial charge on any atom is -0.493 e. The molecule has 0 aromatic heterocycles. The summed E-state index contributed by atoms with van der Waals surface area (Å²) < 4.78 is 38.4. The topological polar surface area (TPSA) is 64.6 Å². The average molecular weight is 380 g/mol. The first-order valence-corrected chi connectivity index (χ1v) is 9.53. The maximum atomic E-state index is 12.8. The smallest absolute Gasteiger partial charge is 0.258 e. The molecule has 2 aromatic rings. The number of halogens is 1. The van der Waals surface area contributed by atoms with E-state index in [2.05, 4.69) is 4.72 Å². The zero-order valence-electron chi connectivity index (χ0n) is 13.9. The molecule has 0 spiro atoms. The van der Waals surface area contributed by atoms with E-state index in [0.717, 1.165) is 11.1 Å². The van der Waals surface area contributed by atoms with E-state index in [1.54, 1.807) is 6.08 Å². The number of allylic oxidation sites excluding steroid dienone is 1. The lowest BCUT2D eigenvalue weighted by molar-refractivity contribution is 0.355. The van der Waals surface area contributed by atoms with Gasteiger partial charge >= 0.3 is 0 Å². The summed E-state index contributed by atoms with van der Waals surface area (Å²) in [6, 6.07) is 10.8. The van der Waals surface area contributed by atoms with E-state index in [1.165, 1.54) is 26.4 Å². The van der Waals surface area contributed by atoms with Gasteiger partial charge in [-0.15, -0.1) is 0 Å². The molecule has 0 atom stereocenters. The van der Waals surface area contributed by atoms with Crippen LogP contribution in [0, 0.1) is 0 Å². The van der Waals surface area contributed by atoms with Crippen molar-refractivity contribution in [2.24, 2.45) is 0 Å². The predicted octanol–water partition coefficient (Wildman–Crippen LogP) is 4.09. The number of rotatable bonds is 5. The van der Waals surface area contributed by atoms with Crippen LogP contribution in [0.15, 0.2) is 41.3 Å². The van der Waals surface area contributed by atoms with E-state index < -0.39 is 10.0 Å². The van der Waals surface area contributed by atoms with Crippen LogP contribution in [-0.2, 0) is 16.4 Å². The fourth-order valence-corrected chi connectivity index (χ4v) is 4.26. The lowest BCUT2D eigenvalue weighted by atomic mass is 9.98. The van der Waals surface area contributed by atoms with Gasteiger partial charge in [0.1, 0.15) is 0 Å². The predicted molar refractivity (Wildman–Crippen MR) is 99.8 cm³/mol. The average Bonchev–Trinajstić information content (AvgIpc) is 2.62. The molecule has 7 heteroatoms. The molecule has 132 valence electrons. The zero-order valence-corrected chi connectivity index (χ0v) is 15.4.